The molecular formula is C18H24ClF3N4. The number of benzene rings is 1. The minimum atomic E-state index is -4.15. The number of alkyl halides is 3. The summed E-state index contributed by atoms with van der Waals surface area (Å²) in [4.78, 5) is 5.88. The van der Waals surface area contributed by atoms with Crippen LogP contribution < -0.4 is 10.6 Å². The number of guanidine groups is 1. The Hall–Kier alpha value is -1.47. The minimum absolute atomic E-state index is 0.0153. The van der Waals surface area contributed by atoms with E-state index in [2.05, 4.69) is 21.7 Å². The van der Waals surface area contributed by atoms with Crippen LogP contribution in [0.25, 0.3) is 0 Å². The molecule has 1 saturated heterocycles. The van der Waals surface area contributed by atoms with Crippen molar-refractivity contribution in [3.63, 3.8) is 0 Å². The van der Waals surface area contributed by atoms with Crippen molar-refractivity contribution in [2.24, 2.45) is 4.99 Å². The Labute approximate surface area is 156 Å². The molecule has 26 heavy (non-hydrogen) atoms. The topological polar surface area (TPSA) is 39.7 Å². The molecule has 0 radical (unpaired) electrons. The van der Waals surface area contributed by atoms with Gasteiger partial charge in [-0.25, -0.2) is 0 Å². The van der Waals surface area contributed by atoms with Crippen molar-refractivity contribution in [3.05, 3.63) is 34.9 Å². The standard InChI is InChI=1S/C18H24ClF3N4/c1-2-23-17(24-14-6-7-26(10-14)11-18(20,21)22)25-16-9-15(16)12-4-3-5-13(19)8-12/h3-5,8,14-16H,2,6-7,9-11H2,1H3,(H2,23,24,25). The first kappa shape index (κ1) is 19.3. The Morgan fingerprint density at radius 2 is 2.15 bits per heavy atom. The van der Waals surface area contributed by atoms with Gasteiger partial charge in [-0.2, -0.15) is 13.2 Å². The van der Waals surface area contributed by atoms with Gasteiger partial charge in [0.1, 0.15) is 0 Å². The summed E-state index contributed by atoms with van der Waals surface area (Å²) in [6.45, 7) is 2.54. The van der Waals surface area contributed by atoms with Crippen molar-refractivity contribution in [1.29, 1.82) is 0 Å². The van der Waals surface area contributed by atoms with Crippen molar-refractivity contribution in [1.82, 2.24) is 15.5 Å². The Balaban J connectivity index is 1.51. The summed E-state index contributed by atoms with van der Waals surface area (Å²) in [6.07, 6.45) is -2.47. The fourth-order valence-electron chi connectivity index (χ4n) is 3.47. The summed E-state index contributed by atoms with van der Waals surface area (Å²) in [7, 11) is 0. The first-order valence-corrected chi connectivity index (χ1v) is 9.34. The van der Waals surface area contributed by atoms with E-state index in [9.17, 15) is 13.2 Å². The predicted octanol–water partition coefficient (Wildman–Crippen LogP) is 3.39. The maximum atomic E-state index is 12.5. The lowest BCUT2D eigenvalue weighted by Crippen LogP contribution is -2.46. The number of hydrogen-bond donors (Lipinski definition) is 2. The van der Waals surface area contributed by atoms with Crippen LogP contribution in [0.1, 0.15) is 31.2 Å². The number of nitrogens with zero attached hydrogens (tertiary/aromatic N) is 2. The summed E-state index contributed by atoms with van der Waals surface area (Å²) >= 11 is 6.05. The predicted molar refractivity (Wildman–Crippen MR) is 97.7 cm³/mol. The van der Waals surface area contributed by atoms with Crippen LogP contribution in [0.3, 0.4) is 0 Å². The van der Waals surface area contributed by atoms with Gasteiger partial charge in [0.05, 0.1) is 6.54 Å². The third-order valence-electron chi connectivity index (χ3n) is 4.72. The van der Waals surface area contributed by atoms with Crippen LogP contribution in [-0.4, -0.2) is 55.3 Å². The molecule has 3 unspecified atom stereocenters. The summed E-state index contributed by atoms with van der Waals surface area (Å²) in [6, 6.07) is 8.10. The second kappa shape index (κ2) is 8.05. The quantitative estimate of drug-likeness (QED) is 0.600. The Kier molecular flexibility index (Phi) is 5.97. The smallest absolute Gasteiger partial charge is 0.353 e. The third-order valence-corrected chi connectivity index (χ3v) is 4.96. The zero-order valence-corrected chi connectivity index (χ0v) is 15.4. The monoisotopic (exact) mass is 388 g/mol. The molecule has 144 valence electrons. The lowest BCUT2D eigenvalue weighted by atomic mass is 10.1. The van der Waals surface area contributed by atoms with Crippen molar-refractivity contribution in [3.8, 4) is 0 Å². The minimum Gasteiger partial charge on any atom is -0.353 e. The Bertz CT molecular complexity index is 650. The highest BCUT2D eigenvalue weighted by Gasteiger charge is 2.40. The Morgan fingerprint density at radius 3 is 2.85 bits per heavy atom. The van der Waals surface area contributed by atoms with E-state index < -0.39 is 12.7 Å². The maximum Gasteiger partial charge on any atom is 0.401 e. The second-order valence-corrected chi connectivity index (χ2v) is 7.39. The lowest BCUT2D eigenvalue weighted by molar-refractivity contribution is -0.143. The van der Waals surface area contributed by atoms with E-state index in [-0.39, 0.29) is 12.1 Å². The van der Waals surface area contributed by atoms with Crippen molar-refractivity contribution >= 4 is 17.6 Å². The van der Waals surface area contributed by atoms with E-state index >= 15 is 0 Å². The first-order chi connectivity index (χ1) is 12.3. The number of rotatable bonds is 5. The van der Waals surface area contributed by atoms with Gasteiger partial charge in [0.25, 0.3) is 0 Å². The molecule has 3 rings (SSSR count). The van der Waals surface area contributed by atoms with Crippen LogP contribution in [0.5, 0.6) is 0 Å². The molecule has 1 aliphatic carbocycles. The van der Waals surface area contributed by atoms with Gasteiger partial charge in [0.2, 0.25) is 0 Å². The van der Waals surface area contributed by atoms with E-state index in [4.69, 9.17) is 11.6 Å². The number of nitrogens with one attached hydrogen (secondary N) is 2. The normalized spacial score (nSPS) is 26.8. The van der Waals surface area contributed by atoms with Crippen LogP contribution in [0.4, 0.5) is 13.2 Å². The molecule has 4 nitrogen and oxygen atoms in total. The lowest BCUT2D eigenvalue weighted by Gasteiger charge is -2.20. The van der Waals surface area contributed by atoms with Crippen LogP contribution in [0.2, 0.25) is 5.02 Å². The number of halogens is 4. The molecule has 1 aliphatic heterocycles. The van der Waals surface area contributed by atoms with E-state index in [1.54, 1.807) is 0 Å². The molecule has 2 fully saturated rings. The fourth-order valence-corrected chi connectivity index (χ4v) is 3.67. The van der Waals surface area contributed by atoms with Gasteiger partial charge in [0.15, 0.2) is 5.96 Å². The van der Waals surface area contributed by atoms with Crippen molar-refractivity contribution < 1.29 is 13.2 Å². The van der Waals surface area contributed by atoms with Crippen LogP contribution in [0.15, 0.2) is 29.3 Å². The molecule has 0 amide bonds. The van der Waals surface area contributed by atoms with Crippen LogP contribution in [-0.2, 0) is 0 Å². The summed E-state index contributed by atoms with van der Waals surface area (Å²) < 4.78 is 37.6. The van der Waals surface area contributed by atoms with Gasteiger partial charge in [-0.05, 0) is 37.5 Å². The van der Waals surface area contributed by atoms with Gasteiger partial charge in [-0.1, -0.05) is 23.7 Å². The van der Waals surface area contributed by atoms with Gasteiger partial charge < -0.3 is 10.6 Å². The van der Waals surface area contributed by atoms with Crippen molar-refractivity contribution in [2.75, 3.05) is 26.2 Å². The highest BCUT2D eigenvalue weighted by atomic mass is 35.5. The largest absolute Gasteiger partial charge is 0.401 e. The third kappa shape index (κ3) is 5.51. The SMILES string of the molecule is CCN=C(NC1CCN(CC(F)(F)F)C1)NC1CC1c1cccc(Cl)c1. The summed E-state index contributed by atoms with van der Waals surface area (Å²) in [5.41, 5.74) is 1.20. The van der Waals surface area contributed by atoms with Gasteiger partial charge in [-0.3, -0.25) is 9.89 Å². The maximum absolute atomic E-state index is 12.5. The molecule has 2 aliphatic rings. The molecule has 8 heteroatoms. The molecular weight excluding hydrogens is 365 g/mol. The van der Waals surface area contributed by atoms with Gasteiger partial charge in [0, 0.05) is 42.7 Å². The summed E-state index contributed by atoms with van der Waals surface area (Å²) in [5.74, 6) is 1.07. The molecule has 0 bridgehead atoms. The van der Waals surface area contributed by atoms with Gasteiger partial charge >= 0.3 is 6.18 Å². The average molecular weight is 389 g/mol. The fraction of sp³-hybridized carbons (Fsp3) is 0.611. The number of likely N-dealkylation sites (tertiary alicyclic amines) is 1. The van der Waals surface area contributed by atoms with E-state index in [1.165, 1.54) is 10.5 Å². The highest BCUT2D eigenvalue weighted by Crippen LogP contribution is 2.41. The van der Waals surface area contributed by atoms with E-state index in [0.717, 1.165) is 11.4 Å². The summed E-state index contributed by atoms with van der Waals surface area (Å²) in [5, 5.41) is 7.42. The molecule has 1 aromatic carbocycles. The van der Waals surface area contributed by atoms with Crippen molar-refractivity contribution in [2.45, 2.75) is 43.9 Å². The molecule has 1 heterocycles. The molecule has 1 saturated carbocycles. The van der Waals surface area contributed by atoms with Crippen LogP contribution in [0, 0.1) is 0 Å². The first-order valence-electron chi connectivity index (χ1n) is 8.96. The molecule has 0 aromatic heterocycles. The second-order valence-electron chi connectivity index (χ2n) is 6.95. The molecule has 0 spiro atoms. The zero-order chi connectivity index (χ0) is 18.7. The Morgan fingerprint density at radius 1 is 1.35 bits per heavy atom. The molecule has 1 aromatic rings. The number of hydrogen-bond acceptors (Lipinski definition) is 2. The average Bonchev–Trinajstić information content (AvgIpc) is 3.18. The van der Waals surface area contributed by atoms with E-state index in [1.807, 2.05) is 25.1 Å². The highest BCUT2D eigenvalue weighted by molar-refractivity contribution is 6.30. The number of aliphatic imine (C=N–C) groups is 1. The van der Waals surface area contributed by atoms with Crippen LogP contribution >= 0.6 is 11.6 Å². The van der Waals surface area contributed by atoms with E-state index in [0.29, 0.717) is 37.9 Å². The zero-order valence-electron chi connectivity index (χ0n) is 14.7. The molecule has 2 N–H and O–H groups in total. The molecule has 3 atom stereocenters. The van der Waals surface area contributed by atoms with Gasteiger partial charge in [-0.15, -0.1) is 0 Å².